The van der Waals surface area contributed by atoms with Crippen molar-refractivity contribution in [3.63, 3.8) is 0 Å². The maximum absolute atomic E-state index is 12.5. The van der Waals surface area contributed by atoms with Crippen LogP contribution in [0.3, 0.4) is 0 Å². The topological polar surface area (TPSA) is 34.9 Å². The first-order valence-corrected chi connectivity index (χ1v) is 5.60. The Balaban J connectivity index is 2.64. The number of alkyl halides is 3. The Bertz CT molecular complexity index is 634. The van der Waals surface area contributed by atoms with Gasteiger partial charge < -0.3 is 0 Å². The van der Waals surface area contributed by atoms with Crippen molar-refractivity contribution in [2.45, 2.75) is 13.1 Å². The van der Waals surface area contributed by atoms with Crippen LogP contribution in [-0.4, -0.2) is 21.7 Å². The van der Waals surface area contributed by atoms with E-state index < -0.39 is 17.5 Å². The zero-order chi connectivity index (χ0) is 14.2. The molecular weight excluding hydrogens is 281 g/mol. The largest absolute Gasteiger partial charge is 0.454 e. The minimum absolute atomic E-state index is 0.0114. The lowest BCUT2D eigenvalue weighted by molar-refractivity contribution is -0.0885. The standard InChI is InChI=1S/C12H8ClF3N2O/c1-7-4-5-17-18(7)10-6-8(13)2-3-9(10)11(19)12(14,15)16/h2-6H,1H3. The fraction of sp³-hybridized carbons (Fsp3) is 0.167. The van der Waals surface area contributed by atoms with Gasteiger partial charge in [-0.25, -0.2) is 4.68 Å². The highest BCUT2D eigenvalue weighted by Gasteiger charge is 2.40. The lowest BCUT2D eigenvalue weighted by Gasteiger charge is -2.12. The Morgan fingerprint density at radius 3 is 2.53 bits per heavy atom. The molecule has 1 heterocycles. The van der Waals surface area contributed by atoms with Crippen LogP contribution in [0.15, 0.2) is 30.5 Å². The Morgan fingerprint density at radius 2 is 2.00 bits per heavy atom. The first-order valence-electron chi connectivity index (χ1n) is 5.23. The van der Waals surface area contributed by atoms with Crippen molar-refractivity contribution in [1.82, 2.24) is 9.78 Å². The van der Waals surface area contributed by atoms with E-state index in [4.69, 9.17) is 11.6 Å². The van der Waals surface area contributed by atoms with Gasteiger partial charge in [0.1, 0.15) is 0 Å². The van der Waals surface area contributed by atoms with Crippen molar-refractivity contribution in [3.8, 4) is 5.69 Å². The summed E-state index contributed by atoms with van der Waals surface area (Å²) in [6.45, 7) is 1.66. The number of halogens is 4. The molecule has 0 amide bonds. The highest BCUT2D eigenvalue weighted by Crippen LogP contribution is 2.27. The molecule has 1 aromatic carbocycles. The van der Waals surface area contributed by atoms with Gasteiger partial charge in [0.05, 0.1) is 11.3 Å². The average molecular weight is 289 g/mol. The second-order valence-electron chi connectivity index (χ2n) is 3.87. The molecule has 100 valence electrons. The van der Waals surface area contributed by atoms with Gasteiger partial charge in [0, 0.05) is 16.9 Å². The second kappa shape index (κ2) is 4.70. The molecule has 0 saturated carbocycles. The molecule has 2 aromatic rings. The number of hydrogen-bond acceptors (Lipinski definition) is 2. The number of rotatable bonds is 2. The number of aromatic nitrogens is 2. The molecular formula is C12H8ClF3N2O. The fourth-order valence-corrected chi connectivity index (χ4v) is 1.81. The van der Waals surface area contributed by atoms with E-state index in [1.54, 1.807) is 13.0 Å². The molecule has 0 atom stereocenters. The summed E-state index contributed by atoms with van der Waals surface area (Å²) in [5.74, 6) is -1.92. The van der Waals surface area contributed by atoms with Crippen molar-refractivity contribution in [3.05, 3.63) is 46.7 Å². The third-order valence-electron chi connectivity index (χ3n) is 2.52. The number of benzene rings is 1. The minimum Gasteiger partial charge on any atom is -0.284 e. The van der Waals surface area contributed by atoms with Crippen molar-refractivity contribution >= 4 is 17.4 Å². The minimum atomic E-state index is -4.94. The summed E-state index contributed by atoms with van der Waals surface area (Å²) in [6, 6.07) is 5.18. The van der Waals surface area contributed by atoms with Gasteiger partial charge in [-0.15, -0.1) is 0 Å². The van der Waals surface area contributed by atoms with Crippen molar-refractivity contribution in [2.75, 3.05) is 0 Å². The fourth-order valence-electron chi connectivity index (χ4n) is 1.65. The maximum atomic E-state index is 12.5. The van der Waals surface area contributed by atoms with E-state index in [1.807, 2.05) is 0 Å². The van der Waals surface area contributed by atoms with E-state index in [1.165, 1.54) is 23.0 Å². The van der Waals surface area contributed by atoms with Crippen LogP contribution in [0.4, 0.5) is 13.2 Å². The van der Waals surface area contributed by atoms with E-state index in [2.05, 4.69) is 5.10 Å². The first-order chi connectivity index (χ1) is 8.80. The van der Waals surface area contributed by atoms with Crippen LogP contribution in [0.5, 0.6) is 0 Å². The number of carbonyl (C=O) groups excluding carboxylic acids is 1. The number of Topliss-reactive ketones (excluding diaryl/α,β-unsaturated/α-hetero) is 1. The van der Waals surface area contributed by atoms with E-state index in [0.717, 1.165) is 6.07 Å². The number of ketones is 1. The Labute approximate surface area is 111 Å². The summed E-state index contributed by atoms with van der Waals surface area (Å²) in [5, 5.41) is 4.12. The van der Waals surface area contributed by atoms with Crippen LogP contribution in [0.2, 0.25) is 5.02 Å². The summed E-state index contributed by atoms with van der Waals surface area (Å²) in [5.41, 5.74) is 0.125. The van der Waals surface area contributed by atoms with Crippen molar-refractivity contribution in [2.24, 2.45) is 0 Å². The summed E-state index contributed by atoms with van der Waals surface area (Å²) >= 11 is 5.77. The Kier molecular flexibility index (Phi) is 3.36. The Morgan fingerprint density at radius 1 is 1.32 bits per heavy atom. The summed E-state index contributed by atoms with van der Waals surface area (Å²) in [7, 11) is 0. The van der Waals surface area contributed by atoms with Gasteiger partial charge in [-0.3, -0.25) is 4.79 Å². The molecule has 3 nitrogen and oxygen atoms in total. The predicted octanol–water partition coefficient (Wildman–Crippen LogP) is 3.58. The molecule has 0 N–H and O–H groups in total. The van der Waals surface area contributed by atoms with Crippen LogP contribution in [0.1, 0.15) is 16.1 Å². The predicted molar refractivity (Wildman–Crippen MR) is 63.7 cm³/mol. The number of carbonyl (C=O) groups is 1. The summed E-state index contributed by atoms with van der Waals surface area (Å²) in [6.07, 6.45) is -3.51. The monoisotopic (exact) mass is 288 g/mol. The summed E-state index contributed by atoms with van der Waals surface area (Å²) < 4.78 is 38.9. The SMILES string of the molecule is Cc1ccnn1-c1cc(Cl)ccc1C(=O)C(F)(F)F. The average Bonchev–Trinajstić information content (AvgIpc) is 2.73. The molecule has 19 heavy (non-hydrogen) atoms. The van der Waals surface area contributed by atoms with Crippen LogP contribution in [0, 0.1) is 6.92 Å². The zero-order valence-corrected chi connectivity index (χ0v) is 10.5. The van der Waals surface area contributed by atoms with E-state index in [0.29, 0.717) is 5.69 Å². The van der Waals surface area contributed by atoms with Crippen molar-refractivity contribution in [1.29, 1.82) is 0 Å². The molecule has 1 aromatic heterocycles. The lowest BCUT2D eigenvalue weighted by atomic mass is 10.1. The van der Waals surface area contributed by atoms with E-state index >= 15 is 0 Å². The molecule has 0 fully saturated rings. The van der Waals surface area contributed by atoms with Gasteiger partial charge in [-0.2, -0.15) is 18.3 Å². The van der Waals surface area contributed by atoms with Crippen LogP contribution in [-0.2, 0) is 0 Å². The van der Waals surface area contributed by atoms with Crippen LogP contribution < -0.4 is 0 Å². The zero-order valence-electron chi connectivity index (χ0n) is 9.70. The highest BCUT2D eigenvalue weighted by molar-refractivity contribution is 6.31. The van der Waals surface area contributed by atoms with E-state index in [9.17, 15) is 18.0 Å². The lowest BCUT2D eigenvalue weighted by Crippen LogP contribution is -2.24. The van der Waals surface area contributed by atoms with Gasteiger partial charge in [-0.1, -0.05) is 11.6 Å². The molecule has 0 saturated heterocycles. The second-order valence-corrected chi connectivity index (χ2v) is 4.31. The van der Waals surface area contributed by atoms with Gasteiger partial charge in [0.2, 0.25) is 0 Å². The smallest absolute Gasteiger partial charge is 0.284 e. The van der Waals surface area contributed by atoms with Gasteiger partial charge in [-0.05, 0) is 31.2 Å². The summed E-state index contributed by atoms with van der Waals surface area (Å²) in [4.78, 5) is 11.4. The van der Waals surface area contributed by atoms with E-state index in [-0.39, 0.29) is 10.7 Å². The van der Waals surface area contributed by atoms with Gasteiger partial charge in [0.25, 0.3) is 5.78 Å². The maximum Gasteiger partial charge on any atom is 0.454 e. The number of nitrogens with zero attached hydrogens (tertiary/aromatic N) is 2. The third kappa shape index (κ3) is 2.63. The van der Waals surface area contributed by atoms with Crippen molar-refractivity contribution < 1.29 is 18.0 Å². The molecule has 0 radical (unpaired) electrons. The highest BCUT2D eigenvalue weighted by atomic mass is 35.5. The quantitative estimate of drug-likeness (QED) is 0.792. The number of hydrogen-bond donors (Lipinski definition) is 0. The van der Waals surface area contributed by atoms with Gasteiger partial charge >= 0.3 is 6.18 Å². The Hall–Kier alpha value is -1.82. The molecule has 0 aliphatic rings. The molecule has 0 spiro atoms. The molecule has 2 rings (SSSR count). The molecule has 0 aliphatic carbocycles. The van der Waals surface area contributed by atoms with Crippen LogP contribution >= 0.6 is 11.6 Å². The molecule has 0 aliphatic heterocycles. The molecule has 7 heteroatoms. The van der Waals surface area contributed by atoms with Gasteiger partial charge in [0.15, 0.2) is 0 Å². The molecule has 0 unspecified atom stereocenters. The number of aryl methyl sites for hydroxylation is 1. The third-order valence-corrected chi connectivity index (χ3v) is 2.76. The first kappa shape index (κ1) is 13.6. The van der Waals surface area contributed by atoms with Crippen LogP contribution in [0.25, 0.3) is 5.69 Å². The molecule has 0 bridgehead atoms. The normalized spacial score (nSPS) is 11.6.